The van der Waals surface area contributed by atoms with E-state index in [2.05, 4.69) is 17.6 Å². The van der Waals surface area contributed by atoms with Gasteiger partial charge >= 0.3 is 0 Å². The van der Waals surface area contributed by atoms with E-state index >= 15 is 0 Å². The van der Waals surface area contributed by atoms with Crippen molar-refractivity contribution in [3.63, 3.8) is 0 Å². The van der Waals surface area contributed by atoms with Crippen LogP contribution in [0.25, 0.3) is 0 Å². The second-order valence-electron chi connectivity index (χ2n) is 4.14. The van der Waals surface area contributed by atoms with Crippen LogP contribution in [0.1, 0.15) is 38.3 Å². The van der Waals surface area contributed by atoms with Crippen molar-refractivity contribution >= 4 is 40.5 Å². The fourth-order valence-electron chi connectivity index (χ4n) is 1.56. The summed E-state index contributed by atoms with van der Waals surface area (Å²) in [6, 6.07) is 5.53. The predicted molar refractivity (Wildman–Crippen MR) is 83.5 cm³/mol. The molecule has 0 fully saturated rings. The highest BCUT2D eigenvalue weighted by Crippen LogP contribution is 2.25. The number of thiocarbonyl (C=S) groups is 1. The number of rotatable bonds is 5. The third-order valence-electron chi connectivity index (χ3n) is 2.59. The highest BCUT2D eigenvalue weighted by Gasteiger charge is 2.10. The quantitative estimate of drug-likeness (QED) is 0.626. The van der Waals surface area contributed by atoms with Crippen LogP contribution < -0.4 is 10.6 Å². The Labute approximate surface area is 124 Å². The molecule has 1 aromatic rings. The van der Waals surface area contributed by atoms with Crippen molar-refractivity contribution in [1.82, 2.24) is 10.6 Å². The highest BCUT2D eigenvalue weighted by atomic mass is 35.5. The van der Waals surface area contributed by atoms with Crippen LogP contribution in [0.15, 0.2) is 18.2 Å². The van der Waals surface area contributed by atoms with Crippen molar-refractivity contribution in [2.24, 2.45) is 0 Å². The first kappa shape index (κ1) is 15.5. The van der Waals surface area contributed by atoms with Crippen LogP contribution in [-0.2, 0) is 0 Å². The Balaban J connectivity index is 2.54. The maximum Gasteiger partial charge on any atom is 0.166 e. The molecule has 18 heavy (non-hydrogen) atoms. The minimum absolute atomic E-state index is 0.0522. The van der Waals surface area contributed by atoms with E-state index in [1.807, 2.05) is 19.1 Å². The molecule has 0 spiro atoms. The number of benzene rings is 1. The maximum atomic E-state index is 6.15. The van der Waals surface area contributed by atoms with Gasteiger partial charge in [-0.15, -0.1) is 0 Å². The average Bonchev–Trinajstić information content (AvgIpc) is 2.28. The predicted octanol–water partition coefficient (Wildman–Crippen LogP) is 4.32. The molecule has 0 saturated heterocycles. The largest absolute Gasteiger partial charge is 0.363 e. The summed E-state index contributed by atoms with van der Waals surface area (Å²) >= 11 is 17.2. The maximum absolute atomic E-state index is 6.15. The fraction of sp³-hybridized carbons (Fsp3) is 0.462. The van der Waals surface area contributed by atoms with Gasteiger partial charge in [0.25, 0.3) is 0 Å². The van der Waals surface area contributed by atoms with Crippen molar-refractivity contribution in [3.8, 4) is 0 Å². The zero-order valence-electron chi connectivity index (χ0n) is 10.6. The summed E-state index contributed by atoms with van der Waals surface area (Å²) in [5, 5.41) is 8.32. The zero-order chi connectivity index (χ0) is 13.5. The summed E-state index contributed by atoms with van der Waals surface area (Å²) in [6.45, 7) is 5.06. The van der Waals surface area contributed by atoms with E-state index < -0.39 is 0 Å². The minimum atomic E-state index is 0.0522. The van der Waals surface area contributed by atoms with E-state index in [0.29, 0.717) is 15.2 Å². The molecule has 2 nitrogen and oxygen atoms in total. The lowest BCUT2D eigenvalue weighted by Gasteiger charge is -2.18. The standard InChI is InChI=1S/C13H18Cl2N2S/c1-3-4-7-16-13(18)17-9(2)11-6-5-10(14)8-12(11)15/h5-6,8-9H,3-4,7H2,1-2H3,(H2,16,17,18). The van der Waals surface area contributed by atoms with Gasteiger partial charge in [-0.3, -0.25) is 0 Å². The SMILES string of the molecule is CCCCNC(=S)NC(C)c1ccc(Cl)cc1Cl. The number of unbranched alkanes of at least 4 members (excludes halogenated alkanes) is 1. The van der Waals surface area contributed by atoms with Gasteiger partial charge in [0.05, 0.1) is 6.04 Å². The monoisotopic (exact) mass is 304 g/mol. The van der Waals surface area contributed by atoms with Gasteiger partial charge in [0.2, 0.25) is 0 Å². The molecule has 0 heterocycles. The summed E-state index contributed by atoms with van der Waals surface area (Å²) in [4.78, 5) is 0. The summed E-state index contributed by atoms with van der Waals surface area (Å²) in [5.41, 5.74) is 0.987. The zero-order valence-corrected chi connectivity index (χ0v) is 12.9. The fourth-order valence-corrected chi connectivity index (χ4v) is 2.41. The molecular formula is C13H18Cl2N2S. The van der Waals surface area contributed by atoms with E-state index in [1.54, 1.807) is 6.07 Å². The number of halogens is 2. The van der Waals surface area contributed by atoms with Crippen molar-refractivity contribution in [2.75, 3.05) is 6.54 Å². The molecule has 0 saturated carbocycles. The molecule has 100 valence electrons. The van der Waals surface area contributed by atoms with Gasteiger partial charge in [-0.25, -0.2) is 0 Å². The molecule has 0 aliphatic rings. The molecule has 0 aliphatic carbocycles. The number of hydrogen-bond acceptors (Lipinski definition) is 1. The van der Waals surface area contributed by atoms with Crippen LogP contribution in [0.5, 0.6) is 0 Å². The first-order chi connectivity index (χ1) is 8.54. The van der Waals surface area contributed by atoms with Crippen LogP contribution in [-0.4, -0.2) is 11.7 Å². The van der Waals surface area contributed by atoms with Gasteiger partial charge in [-0.1, -0.05) is 42.6 Å². The van der Waals surface area contributed by atoms with Crippen LogP contribution in [0, 0.1) is 0 Å². The van der Waals surface area contributed by atoms with E-state index in [9.17, 15) is 0 Å². The summed E-state index contributed by atoms with van der Waals surface area (Å²) in [7, 11) is 0. The van der Waals surface area contributed by atoms with Crippen molar-refractivity contribution < 1.29 is 0 Å². The van der Waals surface area contributed by atoms with Crippen molar-refractivity contribution in [1.29, 1.82) is 0 Å². The molecule has 1 rings (SSSR count). The first-order valence-electron chi connectivity index (χ1n) is 6.04. The number of hydrogen-bond donors (Lipinski definition) is 2. The van der Waals surface area contributed by atoms with E-state index in [1.165, 1.54) is 0 Å². The Bertz CT molecular complexity index is 410. The van der Waals surface area contributed by atoms with Crippen LogP contribution in [0.4, 0.5) is 0 Å². The molecule has 0 amide bonds. The smallest absolute Gasteiger partial charge is 0.166 e. The highest BCUT2D eigenvalue weighted by molar-refractivity contribution is 7.80. The van der Waals surface area contributed by atoms with Crippen LogP contribution in [0.3, 0.4) is 0 Å². The second kappa shape index (κ2) is 7.82. The van der Waals surface area contributed by atoms with E-state index in [4.69, 9.17) is 35.4 Å². The third-order valence-corrected chi connectivity index (χ3v) is 3.42. The minimum Gasteiger partial charge on any atom is -0.363 e. The molecular weight excluding hydrogens is 287 g/mol. The molecule has 0 aliphatic heterocycles. The first-order valence-corrected chi connectivity index (χ1v) is 7.20. The van der Waals surface area contributed by atoms with Gasteiger partial charge < -0.3 is 10.6 Å². The lowest BCUT2D eigenvalue weighted by Crippen LogP contribution is -2.37. The molecule has 1 unspecified atom stereocenters. The van der Waals surface area contributed by atoms with E-state index in [-0.39, 0.29) is 6.04 Å². The lowest BCUT2D eigenvalue weighted by molar-refractivity contribution is 0.683. The van der Waals surface area contributed by atoms with Gasteiger partial charge in [0.15, 0.2) is 5.11 Å². The van der Waals surface area contributed by atoms with Gasteiger partial charge in [-0.05, 0) is 43.3 Å². The summed E-state index contributed by atoms with van der Waals surface area (Å²) in [5.74, 6) is 0. The van der Waals surface area contributed by atoms with Crippen LogP contribution >= 0.6 is 35.4 Å². The molecule has 0 aromatic heterocycles. The molecule has 0 radical (unpaired) electrons. The second-order valence-corrected chi connectivity index (χ2v) is 5.39. The normalized spacial score (nSPS) is 12.0. The molecule has 0 bridgehead atoms. The summed E-state index contributed by atoms with van der Waals surface area (Å²) < 4.78 is 0. The number of nitrogens with one attached hydrogen (secondary N) is 2. The molecule has 1 aromatic carbocycles. The third kappa shape index (κ3) is 5.01. The Morgan fingerprint density at radius 1 is 1.39 bits per heavy atom. The van der Waals surface area contributed by atoms with Crippen LogP contribution in [0.2, 0.25) is 10.0 Å². The Kier molecular flexibility index (Phi) is 6.76. The lowest BCUT2D eigenvalue weighted by atomic mass is 10.1. The van der Waals surface area contributed by atoms with Gasteiger partial charge in [0, 0.05) is 16.6 Å². The Morgan fingerprint density at radius 3 is 2.72 bits per heavy atom. The Hall–Kier alpha value is -0.510. The molecule has 1 atom stereocenters. The summed E-state index contributed by atoms with van der Waals surface area (Å²) in [6.07, 6.45) is 2.26. The van der Waals surface area contributed by atoms with Crippen molar-refractivity contribution in [3.05, 3.63) is 33.8 Å². The van der Waals surface area contributed by atoms with E-state index in [0.717, 1.165) is 24.9 Å². The van der Waals surface area contributed by atoms with Gasteiger partial charge in [0.1, 0.15) is 0 Å². The topological polar surface area (TPSA) is 24.1 Å². The van der Waals surface area contributed by atoms with Crippen molar-refractivity contribution in [2.45, 2.75) is 32.7 Å². The Morgan fingerprint density at radius 2 is 2.11 bits per heavy atom. The molecule has 2 N–H and O–H groups in total. The molecule has 5 heteroatoms. The van der Waals surface area contributed by atoms with Gasteiger partial charge in [-0.2, -0.15) is 0 Å². The average molecular weight is 305 g/mol.